The summed E-state index contributed by atoms with van der Waals surface area (Å²) in [7, 11) is -3.66. The lowest BCUT2D eigenvalue weighted by molar-refractivity contribution is -0.116. The van der Waals surface area contributed by atoms with E-state index in [4.69, 9.17) is 23.2 Å². The van der Waals surface area contributed by atoms with Gasteiger partial charge in [-0.2, -0.15) is 0 Å². The number of anilines is 2. The Bertz CT molecular complexity index is 899. The molecule has 8 heteroatoms. The lowest BCUT2D eigenvalue weighted by Crippen LogP contribution is -2.45. The quantitative estimate of drug-likeness (QED) is 0.763. The van der Waals surface area contributed by atoms with E-state index < -0.39 is 22.0 Å². The number of amides is 1. The van der Waals surface area contributed by atoms with Crippen LogP contribution in [0, 0.1) is 0 Å². The number of halogens is 2. The van der Waals surface area contributed by atoms with Gasteiger partial charge in [0.05, 0.1) is 22.0 Å². The smallest absolute Gasteiger partial charge is 0.247 e. The number of carbonyl (C=O) groups is 1. The third-order valence-corrected chi connectivity index (χ3v) is 5.86. The van der Waals surface area contributed by atoms with Gasteiger partial charge in [-0.1, -0.05) is 42.3 Å². The van der Waals surface area contributed by atoms with Crippen molar-refractivity contribution in [1.29, 1.82) is 0 Å². The average Bonchev–Trinajstić information content (AvgIpc) is 2.57. The van der Waals surface area contributed by atoms with Gasteiger partial charge in [-0.05, 0) is 49.2 Å². The number of benzene rings is 2. The fourth-order valence-corrected chi connectivity index (χ4v) is 3.98. The van der Waals surface area contributed by atoms with Crippen LogP contribution in [-0.2, 0) is 21.2 Å². The Balaban J connectivity index is 2.29. The van der Waals surface area contributed by atoms with Crippen LogP contribution in [0.4, 0.5) is 11.4 Å². The van der Waals surface area contributed by atoms with Crippen LogP contribution in [-0.4, -0.2) is 26.6 Å². The molecule has 0 spiro atoms. The van der Waals surface area contributed by atoms with Crippen molar-refractivity contribution in [3.8, 4) is 0 Å². The van der Waals surface area contributed by atoms with Crippen molar-refractivity contribution >= 4 is 50.5 Å². The Labute approximate surface area is 164 Å². The number of hydrogen-bond acceptors (Lipinski definition) is 3. The standard InChI is InChI=1S/C18H20Cl2N2O3S/c1-4-13-5-8-15(9-6-13)22(26(3,24)25)12(2)18(23)21-14-7-10-16(19)17(20)11-14/h5-12H,4H2,1-3H3,(H,21,23)/t12-/m0/s1. The third-order valence-electron chi connectivity index (χ3n) is 3.87. The second kappa shape index (κ2) is 8.29. The summed E-state index contributed by atoms with van der Waals surface area (Å²) in [6.45, 7) is 3.54. The van der Waals surface area contributed by atoms with Crippen LogP contribution >= 0.6 is 23.2 Å². The molecule has 0 saturated carbocycles. The van der Waals surface area contributed by atoms with Crippen molar-refractivity contribution in [2.24, 2.45) is 0 Å². The summed E-state index contributed by atoms with van der Waals surface area (Å²) in [5, 5.41) is 3.33. The number of rotatable bonds is 6. The van der Waals surface area contributed by atoms with E-state index in [2.05, 4.69) is 5.32 Å². The van der Waals surface area contributed by atoms with Crippen LogP contribution in [0.2, 0.25) is 10.0 Å². The van der Waals surface area contributed by atoms with Crippen molar-refractivity contribution in [2.75, 3.05) is 15.9 Å². The van der Waals surface area contributed by atoms with E-state index in [9.17, 15) is 13.2 Å². The fraction of sp³-hybridized carbons (Fsp3) is 0.278. The highest BCUT2D eigenvalue weighted by Crippen LogP contribution is 2.26. The SMILES string of the molecule is CCc1ccc(N([C@@H](C)C(=O)Nc2ccc(Cl)c(Cl)c2)S(C)(=O)=O)cc1. The van der Waals surface area contributed by atoms with Gasteiger partial charge in [0.2, 0.25) is 15.9 Å². The maximum Gasteiger partial charge on any atom is 0.247 e. The number of hydrogen-bond donors (Lipinski definition) is 1. The number of sulfonamides is 1. The van der Waals surface area contributed by atoms with Gasteiger partial charge < -0.3 is 5.32 Å². The topological polar surface area (TPSA) is 66.5 Å². The molecule has 2 aromatic carbocycles. The minimum absolute atomic E-state index is 0.298. The zero-order chi connectivity index (χ0) is 19.5. The summed E-state index contributed by atoms with van der Waals surface area (Å²) >= 11 is 11.8. The first-order valence-corrected chi connectivity index (χ1v) is 10.6. The molecule has 0 bridgehead atoms. The Hall–Kier alpha value is -1.76. The summed E-state index contributed by atoms with van der Waals surface area (Å²) < 4.78 is 25.7. The Morgan fingerprint density at radius 1 is 1.12 bits per heavy atom. The normalized spacial score (nSPS) is 12.5. The van der Waals surface area contributed by atoms with Gasteiger partial charge >= 0.3 is 0 Å². The predicted octanol–water partition coefficient (Wildman–Crippen LogP) is 4.35. The van der Waals surface area contributed by atoms with Crippen LogP contribution in [0.3, 0.4) is 0 Å². The molecule has 2 aromatic rings. The first-order valence-electron chi connectivity index (χ1n) is 7.97. The average molecular weight is 415 g/mol. The predicted molar refractivity (Wildman–Crippen MR) is 108 cm³/mol. The van der Waals surface area contributed by atoms with Gasteiger partial charge in [0, 0.05) is 5.69 Å². The molecule has 0 fully saturated rings. The van der Waals surface area contributed by atoms with Crippen LogP contribution in [0.5, 0.6) is 0 Å². The first-order chi connectivity index (χ1) is 12.1. The van der Waals surface area contributed by atoms with E-state index in [0.717, 1.165) is 22.5 Å². The Morgan fingerprint density at radius 3 is 2.23 bits per heavy atom. The number of aryl methyl sites for hydroxylation is 1. The highest BCUT2D eigenvalue weighted by Gasteiger charge is 2.29. The van der Waals surface area contributed by atoms with Crippen LogP contribution in [0.25, 0.3) is 0 Å². The zero-order valence-electron chi connectivity index (χ0n) is 14.7. The zero-order valence-corrected chi connectivity index (χ0v) is 17.0. The van der Waals surface area contributed by atoms with Gasteiger partial charge in [0.1, 0.15) is 6.04 Å². The van der Waals surface area contributed by atoms with Gasteiger partial charge in [-0.3, -0.25) is 9.10 Å². The molecule has 0 aromatic heterocycles. The molecule has 0 unspecified atom stereocenters. The minimum atomic E-state index is -3.66. The highest BCUT2D eigenvalue weighted by molar-refractivity contribution is 7.92. The number of nitrogens with one attached hydrogen (secondary N) is 1. The van der Waals surface area contributed by atoms with E-state index in [1.54, 1.807) is 24.3 Å². The van der Waals surface area contributed by atoms with Crippen molar-refractivity contribution in [1.82, 2.24) is 0 Å². The van der Waals surface area contributed by atoms with Gasteiger partial charge in [-0.15, -0.1) is 0 Å². The molecule has 0 heterocycles. The summed E-state index contributed by atoms with van der Waals surface area (Å²) in [5.74, 6) is -0.478. The van der Waals surface area contributed by atoms with E-state index in [0.29, 0.717) is 21.4 Å². The molecule has 1 amide bonds. The minimum Gasteiger partial charge on any atom is -0.324 e. The molecule has 0 aliphatic rings. The number of carbonyl (C=O) groups excluding carboxylic acids is 1. The van der Waals surface area contributed by atoms with Crippen molar-refractivity contribution in [3.63, 3.8) is 0 Å². The second-order valence-electron chi connectivity index (χ2n) is 5.87. The van der Waals surface area contributed by atoms with Crippen LogP contribution < -0.4 is 9.62 Å². The molecule has 0 saturated heterocycles. The molecular formula is C18H20Cl2N2O3S. The van der Waals surface area contributed by atoms with Gasteiger partial charge in [-0.25, -0.2) is 8.42 Å². The lowest BCUT2D eigenvalue weighted by Gasteiger charge is -2.28. The highest BCUT2D eigenvalue weighted by atomic mass is 35.5. The molecule has 0 aliphatic heterocycles. The molecule has 5 nitrogen and oxygen atoms in total. The third kappa shape index (κ3) is 4.90. The van der Waals surface area contributed by atoms with E-state index in [1.165, 1.54) is 13.0 Å². The summed E-state index contributed by atoms with van der Waals surface area (Å²) in [5.41, 5.74) is 1.95. The molecule has 26 heavy (non-hydrogen) atoms. The van der Waals surface area contributed by atoms with Gasteiger partial charge in [0.25, 0.3) is 0 Å². The molecule has 0 aliphatic carbocycles. The van der Waals surface area contributed by atoms with E-state index in [1.807, 2.05) is 19.1 Å². The Morgan fingerprint density at radius 2 is 1.73 bits per heavy atom. The lowest BCUT2D eigenvalue weighted by atomic mass is 10.1. The maximum atomic E-state index is 12.6. The number of nitrogens with zero attached hydrogens (tertiary/aromatic N) is 1. The first kappa shape index (κ1) is 20.6. The molecule has 2 rings (SSSR count). The van der Waals surface area contributed by atoms with E-state index in [-0.39, 0.29) is 0 Å². The second-order valence-corrected chi connectivity index (χ2v) is 8.55. The fourth-order valence-electron chi connectivity index (χ4n) is 2.51. The van der Waals surface area contributed by atoms with E-state index >= 15 is 0 Å². The Kier molecular flexibility index (Phi) is 6.55. The summed E-state index contributed by atoms with van der Waals surface area (Å²) in [4.78, 5) is 12.6. The molecule has 140 valence electrons. The molecule has 1 N–H and O–H groups in total. The largest absolute Gasteiger partial charge is 0.324 e. The van der Waals surface area contributed by atoms with Gasteiger partial charge in [0.15, 0.2) is 0 Å². The van der Waals surface area contributed by atoms with Crippen LogP contribution in [0.1, 0.15) is 19.4 Å². The van der Waals surface area contributed by atoms with Crippen molar-refractivity contribution < 1.29 is 13.2 Å². The maximum absolute atomic E-state index is 12.6. The summed E-state index contributed by atoms with van der Waals surface area (Å²) in [6, 6.07) is 10.8. The molecule has 1 atom stereocenters. The summed E-state index contributed by atoms with van der Waals surface area (Å²) in [6.07, 6.45) is 1.91. The van der Waals surface area contributed by atoms with Crippen molar-refractivity contribution in [2.45, 2.75) is 26.3 Å². The molecule has 0 radical (unpaired) electrons. The monoisotopic (exact) mass is 414 g/mol. The van der Waals surface area contributed by atoms with Crippen molar-refractivity contribution in [3.05, 3.63) is 58.1 Å². The molecular weight excluding hydrogens is 395 g/mol. The van der Waals surface area contributed by atoms with Crippen LogP contribution in [0.15, 0.2) is 42.5 Å².